The number of hydrogen-bond acceptors (Lipinski definition) is 3. The Bertz CT molecular complexity index is 1030. The predicted molar refractivity (Wildman–Crippen MR) is 116 cm³/mol. The molecule has 0 radical (unpaired) electrons. The molecule has 0 saturated carbocycles. The van der Waals surface area contributed by atoms with Crippen LogP contribution in [-0.2, 0) is 0 Å². The maximum absolute atomic E-state index is 13.1. The van der Waals surface area contributed by atoms with Crippen molar-refractivity contribution >= 4 is 23.2 Å². The minimum Gasteiger partial charge on any atom is -0.495 e. The van der Waals surface area contributed by atoms with Gasteiger partial charge in [-0.3, -0.25) is 9.59 Å². The predicted octanol–water partition coefficient (Wildman–Crippen LogP) is 4.92. The van der Waals surface area contributed by atoms with Gasteiger partial charge in [0.25, 0.3) is 11.8 Å². The second-order valence-electron chi connectivity index (χ2n) is 6.62. The Morgan fingerprint density at radius 1 is 0.931 bits per heavy atom. The molecule has 0 aromatic heterocycles. The number of amides is 2. The number of rotatable bonds is 6. The minimum absolute atomic E-state index is 0.148. The molecule has 0 saturated heterocycles. The van der Waals surface area contributed by atoms with Gasteiger partial charge in [-0.05, 0) is 61.9 Å². The summed E-state index contributed by atoms with van der Waals surface area (Å²) in [5, 5.41) is 2.84. The van der Waals surface area contributed by atoms with Gasteiger partial charge in [0, 0.05) is 23.4 Å². The van der Waals surface area contributed by atoms with E-state index >= 15 is 0 Å². The summed E-state index contributed by atoms with van der Waals surface area (Å²) in [5.41, 5.74) is 3.36. The lowest BCUT2D eigenvalue weighted by Crippen LogP contribution is -2.30. The normalized spacial score (nSPS) is 10.3. The highest BCUT2D eigenvalue weighted by Gasteiger charge is 2.18. The lowest BCUT2D eigenvalue weighted by molar-refractivity contribution is 0.0988. The van der Waals surface area contributed by atoms with Crippen LogP contribution in [0, 0.1) is 6.92 Å². The topological polar surface area (TPSA) is 58.6 Å². The molecular weight excluding hydrogens is 364 g/mol. The lowest BCUT2D eigenvalue weighted by atomic mass is 10.1. The van der Waals surface area contributed by atoms with Crippen molar-refractivity contribution in [1.29, 1.82) is 0 Å². The van der Waals surface area contributed by atoms with E-state index in [0.717, 1.165) is 11.3 Å². The van der Waals surface area contributed by atoms with Crippen LogP contribution in [0.3, 0.4) is 0 Å². The molecule has 5 heteroatoms. The van der Waals surface area contributed by atoms with E-state index in [4.69, 9.17) is 4.74 Å². The van der Waals surface area contributed by atoms with E-state index < -0.39 is 0 Å². The number of ether oxygens (including phenoxy) is 1. The molecule has 148 valence electrons. The Kier molecular flexibility index (Phi) is 6.29. The third kappa shape index (κ3) is 4.63. The molecule has 0 aliphatic carbocycles. The number of anilines is 2. The number of methoxy groups -OCH3 is 1. The highest BCUT2D eigenvalue weighted by molar-refractivity contribution is 6.10. The second kappa shape index (κ2) is 9.06. The van der Waals surface area contributed by atoms with Gasteiger partial charge in [-0.2, -0.15) is 0 Å². The van der Waals surface area contributed by atoms with Crippen LogP contribution in [0.4, 0.5) is 11.4 Å². The molecular formula is C24H24N2O3. The van der Waals surface area contributed by atoms with Crippen molar-refractivity contribution in [2.24, 2.45) is 0 Å². The number of nitrogens with zero attached hydrogens (tertiary/aromatic N) is 1. The molecule has 5 nitrogen and oxygen atoms in total. The number of nitrogens with one attached hydrogen (secondary N) is 1. The molecule has 2 amide bonds. The number of carbonyl (C=O) groups is 2. The molecule has 0 aliphatic heterocycles. The minimum atomic E-state index is -0.303. The largest absolute Gasteiger partial charge is 0.495 e. The zero-order valence-electron chi connectivity index (χ0n) is 16.8. The van der Waals surface area contributed by atoms with Gasteiger partial charge in [0.15, 0.2) is 0 Å². The van der Waals surface area contributed by atoms with Crippen LogP contribution in [0.2, 0.25) is 0 Å². The Morgan fingerprint density at radius 3 is 2.38 bits per heavy atom. The van der Waals surface area contributed by atoms with E-state index in [0.29, 0.717) is 29.1 Å². The van der Waals surface area contributed by atoms with Crippen LogP contribution < -0.4 is 15.0 Å². The highest BCUT2D eigenvalue weighted by Crippen LogP contribution is 2.24. The molecule has 0 unspecified atom stereocenters. The van der Waals surface area contributed by atoms with Crippen LogP contribution in [0.25, 0.3) is 0 Å². The fourth-order valence-electron chi connectivity index (χ4n) is 3.13. The first-order valence-corrected chi connectivity index (χ1v) is 9.46. The maximum Gasteiger partial charge on any atom is 0.258 e. The van der Waals surface area contributed by atoms with Gasteiger partial charge >= 0.3 is 0 Å². The van der Waals surface area contributed by atoms with Gasteiger partial charge in [-0.1, -0.05) is 30.3 Å². The molecule has 29 heavy (non-hydrogen) atoms. The summed E-state index contributed by atoms with van der Waals surface area (Å²) >= 11 is 0. The highest BCUT2D eigenvalue weighted by atomic mass is 16.5. The Morgan fingerprint density at radius 2 is 1.66 bits per heavy atom. The molecule has 3 rings (SSSR count). The van der Waals surface area contributed by atoms with E-state index in [9.17, 15) is 9.59 Å². The zero-order chi connectivity index (χ0) is 20.8. The third-order valence-electron chi connectivity index (χ3n) is 4.60. The number of benzene rings is 3. The van der Waals surface area contributed by atoms with Crippen LogP contribution in [0.5, 0.6) is 5.75 Å². The fourth-order valence-corrected chi connectivity index (χ4v) is 3.13. The van der Waals surface area contributed by atoms with Crippen molar-refractivity contribution in [3.05, 3.63) is 89.5 Å². The Labute approximate surface area is 170 Å². The van der Waals surface area contributed by atoms with Crippen LogP contribution in [0.1, 0.15) is 33.2 Å². The standard InChI is InChI=1S/C24H24N2O3/c1-4-26(20-12-7-9-17(2)15-20)24(28)19-11-8-10-18(16-19)23(27)25-21-13-5-6-14-22(21)29-3/h5-16H,4H2,1-3H3,(H,25,27). The number of aryl methyl sites for hydroxylation is 1. The third-order valence-corrected chi connectivity index (χ3v) is 4.60. The van der Waals surface area contributed by atoms with Gasteiger partial charge in [0.2, 0.25) is 0 Å². The van der Waals surface area contributed by atoms with E-state index in [1.54, 1.807) is 48.4 Å². The average molecular weight is 388 g/mol. The van der Waals surface area contributed by atoms with E-state index in [2.05, 4.69) is 5.32 Å². The lowest BCUT2D eigenvalue weighted by Gasteiger charge is -2.22. The second-order valence-corrected chi connectivity index (χ2v) is 6.62. The molecule has 0 bridgehead atoms. The van der Waals surface area contributed by atoms with E-state index in [-0.39, 0.29) is 11.8 Å². The summed E-state index contributed by atoms with van der Waals surface area (Å²) in [6, 6.07) is 21.7. The summed E-state index contributed by atoms with van der Waals surface area (Å²) in [6.45, 7) is 4.45. The van der Waals surface area contributed by atoms with Crippen molar-refractivity contribution in [2.45, 2.75) is 13.8 Å². The van der Waals surface area contributed by atoms with Gasteiger partial charge < -0.3 is 15.0 Å². The summed E-state index contributed by atoms with van der Waals surface area (Å²) in [4.78, 5) is 27.5. The van der Waals surface area contributed by atoms with E-state index in [1.165, 1.54) is 0 Å². The van der Waals surface area contributed by atoms with Crippen molar-refractivity contribution in [3.63, 3.8) is 0 Å². The molecule has 0 fully saturated rings. The number of hydrogen-bond donors (Lipinski definition) is 1. The first-order valence-electron chi connectivity index (χ1n) is 9.46. The molecule has 0 aliphatic rings. The summed E-state index contributed by atoms with van der Waals surface area (Å²) < 4.78 is 5.27. The Balaban J connectivity index is 1.84. The summed E-state index contributed by atoms with van der Waals surface area (Å²) in [7, 11) is 1.55. The molecule has 0 heterocycles. The Hall–Kier alpha value is -3.60. The summed E-state index contributed by atoms with van der Waals surface area (Å²) in [5.74, 6) is 0.123. The SMILES string of the molecule is CCN(C(=O)c1cccc(C(=O)Nc2ccccc2OC)c1)c1cccc(C)c1. The van der Waals surface area contributed by atoms with Gasteiger partial charge in [0.1, 0.15) is 5.75 Å². The van der Waals surface area contributed by atoms with Gasteiger partial charge in [-0.25, -0.2) is 0 Å². The quantitative estimate of drug-likeness (QED) is 0.652. The van der Waals surface area contributed by atoms with Crippen molar-refractivity contribution in [3.8, 4) is 5.75 Å². The number of carbonyl (C=O) groups excluding carboxylic acids is 2. The summed E-state index contributed by atoms with van der Waals surface area (Å²) in [6.07, 6.45) is 0. The fraction of sp³-hybridized carbons (Fsp3) is 0.167. The molecule has 3 aromatic carbocycles. The van der Waals surface area contributed by atoms with Crippen molar-refractivity contribution in [2.75, 3.05) is 23.9 Å². The van der Waals surface area contributed by atoms with Gasteiger partial charge in [-0.15, -0.1) is 0 Å². The van der Waals surface area contributed by atoms with Crippen LogP contribution in [-0.4, -0.2) is 25.5 Å². The molecule has 0 spiro atoms. The van der Waals surface area contributed by atoms with Gasteiger partial charge in [0.05, 0.1) is 12.8 Å². The molecule has 3 aromatic rings. The molecule has 0 atom stereocenters. The van der Waals surface area contributed by atoms with Crippen molar-refractivity contribution in [1.82, 2.24) is 0 Å². The molecule has 1 N–H and O–H groups in total. The van der Waals surface area contributed by atoms with E-state index in [1.807, 2.05) is 50.2 Å². The smallest absolute Gasteiger partial charge is 0.258 e. The van der Waals surface area contributed by atoms with Crippen LogP contribution >= 0.6 is 0 Å². The first kappa shape index (κ1) is 20.1. The monoisotopic (exact) mass is 388 g/mol. The first-order chi connectivity index (χ1) is 14.0. The average Bonchev–Trinajstić information content (AvgIpc) is 2.74. The van der Waals surface area contributed by atoms with Crippen LogP contribution in [0.15, 0.2) is 72.8 Å². The number of para-hydroxylation sites is 2. The van der Waals surface area contributed by atoms with Crippen molar-refractivity contribution < 1.29 is 14.3 Å². The zero-order valence-corrected chi connectivity index (χ0v) is 16.8. The maximum atomic E-state index is 13.1.